The van der Waals surface area contributed by atoms with Crippen molar-refractivity contribution in [3.63, 3.8) is 0 Å². The highest BCUT2D eigenvalue weighted by Crippen LogP contribution is 2.25. The Morgan fingerprint density at radius 1 is 1.24 bits per heavy atom. The first-order valence-corrected chi connectivity index (χ1v) is 7.53. The molecule has 0 heterocycles. The second kappa shape index (κ2) is 8.49. The standard InChI is InChI=1S/C18H19N3O4/c1-12-4-3-5-14(8-12)18(24)19-11-17(23)21-20-10-13-6-7-15(22)16(9-13)25-2/h3-10,22H,11H2,1-2H3,(H,19,24)(H,21,23)/b20-10+. The van der Waals surface area contributed by atoms with Crippen LogP contribution in [-0.4, -0.2) is 36.8 Å². The van der Waals surface area contributed by atoms with Crippen molar-refractivity contribution < 1.29 is 19.4 Å². The third-order valence-corrected chi connectivity index (χ3v) is 3.30. The molecule has 0 aliphatic heterocycles. The zero-order valence-corrected chi connectivity index (χ0v) is 13.9. The number of aryl methyl sites for hydroxylation is 1. The van der Waals surface area contributed by atoms with E-state index in [1.54, 1.807) is 30.3 Å². The number of carbonyl (C=O) groups excluding carboxylic acids is 2. The molecule has 0 aromatic heterocycles. The zero-order chi connectivity index (χ0) is 18.2. The molecular weight excluding hydrogens is 322 g/mol. The summed E-state index contributed by atoms with van der Waals surface area (Å²) in [5.74, 6) is -0.461. The van der Waals surface area contributed by atoms with Gasteiger partial charge in [-0.15, -0.1) is 0 Å². The number of hydrogen-bond donors (Lipinski definition) is 3. The number of nitrogens with zero attached hydrogens (tertiary/aromatic N) is 1. The molecule has 0 aliphatic carbocycles. The lowest BCUT2D eigenvalue weighted by molar-refractivity contribution is -0.120. The topological polar surface area (TPSA) is 100 Å². The Morgan fingerprint density at radius 2 is 2.04 bits per heavy atom. The van der Waals surface area contributed by atoms with Crippen molar-refractivity contribution >= 4 is 18.0 Å². The fourth-order valence-electron chi connectivity index (χ4n) is 2.04. The Bertz CT molecular complexity index is 803. The van der Waals surface area contributed by atoms with E-state index in [1.165, 1.54) is 19.4 Å². The SMILES string of the molecule is COc1cc(/C=N/NC(=O)CNC(=O)c2cccc(C)c2)ccc1O. The molecule has 0 bridgehead atoms. The van der Waals surface area contributed by atoms with Gasteiger partial charge in [0, 0.05) is 5.56 Å². The largest absolute Gasteiger partial charge is 0.504 e. The highest BCUT2D eigenvalue weighted by Gasteiger charge is 2.07. The Hall–Kier alpha value is -3.35. The molecule has 2 rings (SSSR count). The second-order valence-electron chi connectivity index (χ2n) is 5.28. The molecule has 2 aromatic rings. The smallest absolute Gasteiger partial charge is 0.259 e. The second-order valence-corrected chi connectivity index (χ2v) is 5.28. The number of hydrazone groups is 1. The maximum Gasteiger partial charge on any atom is 0.259 e. The van der Waals surface area contributed by atoms with Crippen LogP contribution >= 0.6 is 0 Å². The quantitative estimate of drug-likeness (QED) is 0.549. The van der Waals surface area contributed by atoms with E-state index in [0.717, 1.165) is 5.56 Å². The molecule has 25 heavy (non-hydrogen) atoms. The van der Waals surface area contributed by atoms with Gasteiger partial charge >= 0.3 is 0 Å². The molecule has 0 fully saturated rings. The predicted molar refractivity (Wildman–Crippen MR) is 93.9 cm³/mol. The van der Waals surface area contributed by atoms with E-state index >= 15 is 0 Å². The van der Waals surface area contributed by atoms with Crippen LogP contribution in [0.5, 0.6) is 11.5 Å². The normalized spacial score (nSPS) is 10.5. The van der Waals surface area contributed by atoms with Crippen molar-refractivity contribution in [2.45, 2.75) is 6.92 Å². The number of phenols is 1. The van der Waals surface area contributed by atoms with Gasteiger partial charge in [0.05, 0.1) is 19.9 Å². The Balaban J connectivity index is 1.83. The summed E-state index contributed by atoms with van der Waals surface area (Å²) in [7, 11) is 1.44. The fourth-order valence-corrected chi connectivity index (χ4v) is 2.04. The summed E-state index contributed by atoms with van der Waals surface area (Å²) >= 11 is 0. The van der Waals surface area contributed by atoms with E-state index in [-0.39, 0.29) is 18.2 Å². The molecule has 3 N–H and O–H groups in total. The molecule has 0 radical (unpaired) electrons. The summed E-state index contributed by atoms with van der Waals surface area (Å²) in [4.78, 5) is 23.6. The number of amides is 2. The molecular formula is C18H19N3O4. The Morgan fingerprint density at radius 3 is 2.76 bits per heavy atom. The van der Waals surface area contributed by atoms with Crippen LogP contribution in [-0.2, 0) is 4.79 Å². The van der Waals surface area contributed by atoms with Crippen LogP contribution in [0.15, 0.2) is 47.6 Å². The average molecular weight is 341 g/mol. The number of aromatic hydroxyl groups is 1. The molecule has 130 valence electrons. The zero-order valence-electron chi connectivity index (χ0n) is 13.9. The van der Waals surface area contributed by atoms with E-state index in [2.05, 4.69) is 15.8 Å². The number of methoxy groups -OCH3 is 1. The van der Waals surface area contributed by atoms with Crippen molar-refractivity contribution in [3.8, 4) is 11.5 Å². The van der Waals surface area contributed by atoms with Crippen LogP contribution in [0.2, 0.25) is 0 Å². The molecule has 7 heteroatoms. The van der Waals surface area contributed by atoms with Gasteiger partial charge < -0.3 is 15.2 Å². The molecule has 0 saturated heterocycles. The minimum Gasteiger partial charge on any atom is -0.504 e. The summed E-state index contributed by atoms with van der Waals surface area (Å²) < 4.78 is 4.98. The van der Waals surface area contributed by atoms with Crippen molar-refractivity contribution in [1.82, 2.24) is 10.7 Å². The predicted octanol–water partition coefficient (Wildman–Crippen LogP) is 1.59. The first-order valence-electron chi connectivity index (χ1n) is 7.53. The van der Waals surface area contributed by atoms with Crippen molar-refractivity contribution in [3.05, 3.63) is 59.2 Å². The maximum absolute atomic E-state index is 11.9. The minimum atomic E-state index is -0.456. The highest BCUT2D eigenvalue weighted by molar-refractivity contribution is 5.96. The fraction of sp³-hybridized carbons (Fsp3) is 0.167. The van der Waals surface area contributed by atoms with Crippen molar-refractivity contribution in [1.29, 1.82) is 0 Å². The molecule has 0 saturated carbocycles. The molecule has 0 unspecified atom stereocenters. The lowest BCUT2D eigenvalue weighted by Gasteiger charge is -2.05. The molecule has 7 nitrogen and oxygen atoms in total. The summed E-state index contributed by atoms with van der Waals surface area (Å²) in [5, 5.41) is 15.8. The van der Waals surface area contributed by atoms with Gasteiger partial charge in [0.25, 0.3) is 11.8 Å². The van der Waals surface area contributed by atoms with Gasteiger partial charge in [0.15, 0.2) is 11.5 Å². The Labute approximate surface area is 145 Å². The van der Waals surface area contributed by atoms with Gasteiger partial charge in [-0.1, -0.05) is 17.7 Å². The number of benzene rings is 2. The average Bonchev–Trinajstić information content (AvgIpc) is 2.61. The lowest BCUT2D eigenvalue weighted by atomic mass is 10.1. The summed E-state index contributed by atoms with van der Waals surface area (Å²) in [6, 6.07) is 11.7. The number of ether oxygens (including phenoxy) is 1. The van der Waals surface area contributed by atoms with Crippen LogP contribution in [0.4, 0.5) is 0 Å². The van der Waals surface area contributed by atoms with Gasteiger partial charge in [0.1, 0.15) is 0 Å². The first kappa shape index (κ1) is 18.0. The van der Waals surface area contributed by atoms with Crippen molar-refractivity contribution in [2.75, 3.05) is 13.7 Å². The summed E-state index contributed by atoms with van der Waals surface area (Å²) in [6.45, 7) is 1.69. The third kappa shape index (κ3) is 5.35. The number of phenolic OH excluding ortho intramolecular Hbond substituents is 1. The van der Waals surface area contributed by atoms with Crippen LogP contribution in [0.1, 0.15) is 21.5 Å². The van der Waals surface area contributed by atoms with Crippen LogP contribution < -0.4 is 15.5 Å². The molecule has 0 atom stereocenters. The number of carbonyl (C=O) groups is 2. The molecule has 0 aliphatic rings. The van der Waals surface area contributed by atoms with Gasteiger partial charge in [-0.25, -0.2) is 5.43 Å². The van der Waals surface area contributed by atoms with Crippen LogP contribution in [0, 0.1) is 6.92 Å². The van der Waals surface area contributed by atoms with Gasteiger partial charge in [-0.05, 0) is 42.8 Å². The van der Waals surface area contributed by atoms with E-state index in [9.17, 15) is 14.7 Å². The molecule has 0 spiro atoms. The maximum atomic E-state index is 11.9. The van der Waals surface area contributed by atoms with Gasteiger partial charge in [-0.2, -0.15) is 5.10 Å². The minimum absolute atomic E-state index is 0.0162. The number of hydrogen-bond acceptors (Lipinski definition) is 5. The number of rotatable bonds is 6. The Kier molecular flexibility index (Phi) is 6.11. The highest BCUT2D eigenvalue weighted by atomic mass is 16.5. The van der Waals surface area contributed by atoms with E-state index in [0.29, 0.717) is 16.9 Å². The molecule has 2 aromatic carbocycles. The van der Waals surface area contributed by atoms with Crippen LogP contribution in [0.3, 0.4) is 0 Å². The molecule has 2 amide bonds. The summed E-state index contributed by atoms with van der Waals surface area (Å²) in [6.07, 6.45) is 1.40. The third-order valence-electron chi connectivity index (χ3n) is 3.30. The number of nitrogens with one attached hydrogen (secondary N) is 2. The van der Waals surface area contributed by atoms with Gasteiger partial charge in [-0.3, -0.25) is 9.59 Å². The van der Waals surface area contributed by atoms with Crippen molar-refractivity contribution in [2.24, 2.45) is 5.10 Å². The monoisotopic (exact) mass is 341 g/mol. The van der Waals surface area contributed by atoms with E-state index < -0.39 is 5.91 Å². The van der Waals surface area contributed by atoms with Crippen LogP contribution in [0.25, 0.3) is 0 Å². The van der Waals surface area contributed by atoms with E-state index in [1.807, 2.05) is 13.0 Å². The first-order chi connectivity index (χ1) is 12.0. The summed E-state index contributed by atoms with van der Waals surface area (Å²) in [5.41, 5.74) is 4.41. The lowest BCUT2D eigenvalue weighted by Crippen LogP contribution is -2.34. The van der Waals surface area contributed by atoms with Gasteiger partial charge in [0.2, 0.25) is 0 Å². The van der Waals surface area contributed by atoms with E-state index in [4.69, 9.17) is 4.74 Å².